The number of ether oxygens (including phenoxy) is 2. The van der Waals surface area contributed by atoms with Crippen LogP contribution in [-0.4, -0.2) is 29.5 Å². The summed E-state index contributed by atoms with van der Waals surface area (Å²) < 4.78 is 9.63. The summed E-state index contributed by atoms with van der Waals surface area (Å²) in [6.45, 7) is 2.10. The summed E-state index contributed by atoms with van der Waals surface area (Å²) in [5, 5.41) is 0. The van der Waals surface area contributed by atoms with Crippen LogP contribution in [-0.2, 0) is 19.1 Å². The minimum Gasteiger partial charge on any atom is -0.466 e. The van der Waals surface area contributed by atoms with Crippen LogP contribution in [0.15, 0.2) is 0 Å². The SMILES string of the molecule is CCOC(=O)C[C@H]1CC(Br)C(=O)O1. The number of hydrogen-bond donors (Lipinski definition) is 0. The molecule has 5 heteroatoms. The molecule has 0 bridgehead atoms. The van der Waals surface area contributed by atoms with Gasteiger partial charge in [0, 0.05) is 6.42 Å². The van der Waals surface area contributed by atoms with Crippen molar-refractivity contribution in [3.05, 3.63) is 0 Å². The van der Waals surface area contributed by atoms with Gasteiger partial charge in [-0.3, -0.25) is 9.59 Å². The van der Waals surface area contributed by atoms with E-state index in [2.05, 4.69) is 15.9 Å². The normalized spacial score (nSPS) is 27.1. The maximum Gasteiger partial charge on any atom is 0.320 e. The van der Waals surface area contributed by atoms with Gasteiger partial charge in [0.05, 0.1) is 13.0 Å². The van der Waals surface area contributed by atoms with Gasteiger partial charge in [0.15, 0.2) is 0 Å². The monoisotopic (exact) mass is 250 g/mol. The van der Waals surface area contributed by atoms with Crippen LogP contribution in [0.5, 0.6) is 0 Å². The lowest BCUT2D eigenvalue weighted by molar-refractivity contribution is -0.149. The molecular weight excluding hydrogens is 240 g/mol. The van der Waals surface area contributed by atoms with Gasteiger partial charge in [-0.1, -0.05) is 15.9 Å². The summed E-state index contributed by atoms with van der Waals surface area (Å²) in [5.41, 5.74) is 0. The van der Waals surface area contributed by atoms with E-state index in [1.165, 1.54) is 0 Å². The number of carbonyl (C=O) groups excluding carboxylic acids is 2. The number of alkyl halides is 1. The molecule has 0 aromatic carbocycles. The van der Waals surface area contributed by atoms with E-state index in [9.17, 15) is 9.59 Å². The zero-order valence-corrected chi connectivity index (χ0v) is 8.87. The third kappa shape index (κ3) is 2.99. The van der Waals surface area contributed by atoms with E-state index in [1.807, 2.05) is 0 Å². The van der Waals surface area contributed by atoms with Crippen molar-refractivity contribution in [2.45, 2.75) is 30.7 Å². The first kappa shape index (κ1) is 10.5. The first-order chi connectivity index (χ1) is 6.13. The van der Waals surface area contributed by atoms with Crippen molar-refractivity contribution >= 4 is 27.9 Å². The van der Waals surface area contributed by atoms with Crippen molar-refractivity contribution in [2.75, 3.05) is 6.61 Å². The van der Waals surface area contributed by atoms with E-state index in [4.69, 9.17) is 9.47 Å². The van der Waals surface area contributed by atoms with Crippen molar-refractivity contribution in [3.8, 4) is 0 Å². The van der Waals surface area contributed by atoms with Gasteiger partial charge in [-0.25, -0.2) is 0 Å². The summed E-state index contributed by atoms with van der Waals surface area (Å²) in [4.78, 5) is 21.6. The lowest BCUT2D eigenvalue weighted by Crippen LogP contribution is -2.15. The minimum atomic E-state index is -0.323. The van der Waals surface area contributed by atoms with Crippen LogP contribution in [0.1, 0.15) is 19.8 Å². The van der Waals surface area contributed by atoms with Crippen LogP contribution >= 0.6 is 15.9 Å². The fourth-order valence-corrected chi connectivity index (χ4v) is 1.67. The van der Waals surface area contributed by atoms with Crippen molar-refractivity contribution < 1.29 is 19.1 Å². The predicted molar refractivity (Wildman–Crippen MR) is 48.5 cm³/mol. The van der Waals surface area contributed by atoms with Crippen molar-refractivity contribution in [1.82, 2.24) is 0 Å². The number of cyclic esters (lactones) is 1. The Morgan fingerprint density at radius 3 is 2.92 bits per heavy atom. The molecule has 1 fully saturated rings. The van der Waals surface area contributed by atoms with Crippen LogP contribution in [0.4, 0.5) is 0 Å². The molecule has 0 aromatic rings. The Balaban J connectivity index is 2.31. The van der Waals surface area contributed by atoms with Gasteiger partial charge in [0.25, 0.3) is 0 Å². The number of rotatable bonds is 3. The topological polar surface area (TPSA) is 52.6 Å². The highest BCUT2D eigenvalue weighted by atomic mass is 79.9. The van der Waals surface area contributed by atoms with Crippen LogP contribution in [0.3, 0.4) is 0 Å². The highest BCUT2D eigenvalue weighted by Gasteiger charge is 2.33. The van der Waals surface area contributed by atoms with Crippen molar-refractivity contribution in [3.63, 3.8) is 0 Å². The first-order valence-corrected chi connectivity index (χ1v) is 5.05. The Labute approximate surface area is 84.7 Å². The van der Waals surface area contributed by atoms with Crippen molar-refractivity contribution in [2.24, 2.45) is 0 Å². The van der Waals surface area contributed by atoms with Gasteiger partial charge >= 0.3 is 11.9 Å². The first-order valence-electron chi connectivity index (χ1n) is 4.13. The average molecular weight is 251 g/mol. The smallest absolute Gasteiger partial charge is 0.320 e. The van der Waals surface area contributed by atoms with Gasteiger partial charge in [-0.05, 0) is 6.92 Å². The molecule has 74 valence electrons. The Hall–Kier alpha value is -0.580. The van der Waals surface area contributed by atoms with Crippen LogP contribution in [0, 0.1) is 0 Å². The summed E-state index contributed by atoms with van der Waals surface area (Å²) in [5.74, 6) is -0.615. The maximum absolute atomic E-state index is 11.0. The molecular formula is C8H11BrO4. The fraction of sp³-hybridized carbons (Fsp3) is 0.750. The van der Waals surface area contributed by atoms with E-state index in [0.717, 1.165) is 0 Å². The second-order valence-corrected chi connectivity index (χ2v) is 3.88. The average Bonchev–Trinajstić information content (AvgIpc) is 2.31. The third-order valence-electron chi connectivity index (χ3n) is 1.71. The van der Waals surface area contributed by atoms with Gasteiger partial charge in [0.1, 0.15) is 10.9 Å². The molecule has 4 nitrogen and oxygen atoms in total. The summed E-state index contributed by atoms with van der Waals surface area (Å²) in [6.07, 6.45) is 0.371. The second-order valence-electron chi connectivity index (χ2n) is 2.77. The molecule has 1 saturated heterocycles. The molecule has 2 atom stereocenters. The Morgan fingerprint density at radius 1 is 1.77 bits per heavy atom. The molecule has 0 amide bonds. The van der Waals surface area contributed by atoms with Gasteiger partial charge in [-0.2, -0.15) is 0 Å². The van der Waals surface area contributed by atoms with E-state index in [0.29, 0.717) is 13.0 Å². The summed E-state index contributed by atoms with van der Waals surface area (Å²) >= 11 is 3.15. The van der Waals surface area contributed by atoms with E-state index >= 15 is 0 Å². The Kier molecular flexibility index (Phi) is 3.71. The van der Waals surface area contributed by atoms with E-state index in [-0.39, 0.29) is 29.3 Å². The zero-order chi connectivity index (χ0) is 9.84. The largest absolute Gasteiger partial charge is 0.466 e. The molecule has 1 aliphatic heterocycles. The molecule has 1 unspecified atom stereocenters. The number of halogens is 1. The maximum atomic E-state index is 11.0. The minimum absolute atomic E-state index is 0.154. The lowest BCUT2D eigenvalue weighted by Gasteiger charge is -2.07. The molecule has 0 aliphatic carbocycles. The highest BCUT2D eigenvalue weighted by Crippen LogP contribution is 2.23. The second kappa shape index (κ2) is 4.60. The molecule has 1 heterocycles. The molecule has 0 N–H and O–H groups in total. The number of hydrogen-bond acceptors (Lipinski definition) is 4. The van der Waals surface area contributed by atoms with Gasteiger partial charge < -0.3 is 9.47 Å². The van der Waals surface area contributed by atoms with Gasteiger partial charge in [-0.15, -0.1) is 0 Å². The predicted octanol–water partition coefficient (Wildman–Crippen LogP) is 1.02. The summed E-state index contributed by atoms with van der Waals surface area (Å²) in [6, 6.07) is 0. The standard InChI is InChI=1S/C8H11BrO4/c1-2-12-7(10)4-5-3-6(9)8(11)13-5/h5-6H,2-4H2,1H3/t5-,6?/m1/s1. The van der Waals surface area contributed by atoms with Crippen molar-refractivity contribution in [1.29, 1.82) is 0 Å². The lowest BCUT2D eigenvalue weighted by atomic mass is 10.2. The molecule has 1 aliphatic rings. The van der Waals surface area contributed by atoms with Crippen LogP contribution < -0.4 is 0 Å². The van der Waals surface area contributed by atoms with Crippen LogP contribution in [0.2, 0.25) is 0 Å². The number of esters is 2. The van der Waals surface area contributed by atoms with E-state index < -0.39 is 0 Å². The van der Waals surface area contributed by atoms with Gasteiger partial charge in [0.2, 0.25) is 0 Å². The Bertz CT molecular complexity index is 216. The fourth-order valence-electron chi connectivity index (χ4n) is 1.14. The molecule has 0 spiro atoms. The third-order valence-corrected chi connectivity index (χ3v) is 2.46. The molecule has 13 heavy (non-hydrogen) atoms. The molecule has 0 aromatic heterocycles. The molecule has 0 radical (unpaired) electrons. The highest BCUT2D eigenvalue weighted by molar-refractivity contribution is 9.10. The Morgan fingerprint density at radius 2 is 2.46 bits per heavy atom. The molecule has 0 saturated carbocycles. The van der Waals surface area contributed by atoms with Crippen LogP contribution in [0.25, 0.3) is 0 Å². The summed E-state index contributed by atoms with van der Waals surface area (Å²) in [7, 11) is 0. The van der Waals surface area contributed by atoms with E-state index in [1.54, 1.807) is 6.92 Å². The molecule has 1 rings (SSSR count). The number of carbonyl (C=O) groups is 2. The zero-order valence-electron chi connectivity index (χ0n) is 7.29. The quantitative estimate of drug-likeness (QED) is 0.555.